The summed E-state index contributed by atoms with van der Waals surface area (Å²) in [6, 6.07) is 12.9. The standard InChI is InChI=1S/C23H28N2O3/c1-17-13-18(2)15-19(14-17)24-23(27)20-9-5-6-10-21(20)28-16-22(26)25-11-7-3-4-8-12-25/h5-6,9-10,13-15H,3-4,7-8,11-12,16H2,1-2H3,(H,24,27). The molecule has 148 valence electrons. The number of para-hydroxylation sites is 1. The molecule has 0 aliphatic carbocycles. The van der Waals surface area contributed by atoms with E-state index in [0.29, 0.717) is 11.3 Å². The molecule has 1 saturated heterocycles. The first kappa shape index (κ1) is 19.9. The summed E-state index contributed by atoms with van der Waals surface area (Å²) in [6.07, 6.45) is 4.43. The summed E-state index contributed by atoms with van der Waals surface area (Å²) in [6.45, 7) is 5.52. The van der Waals surface area contributed by atoms with Gasteiger partial charge >= 0.3 is 0 Å². The number of rotatable bonds is 5. The van der Waals surface area contributed by atoms with Crippen molar-refractivity contribution in [1.82, 2.24) is 4.90 Å². The fraction of sp³-hybridized carbons (Fsp3) is 0.391. The van der Waals surface area contributed by atoms with Crippen LogP contribution in [0, 0.1) is 13.8 Å². The van der Waals surface area contributed by atoms with Crippen molar-refractivity contribution in [2.45, 2.75) is 39.5 Å². The minimum Gasteiger partial charge on any atom is -0.483 e. The van der Waals surface area contributed by atoms with E-state index < -0.39 is 0 Å². The molecule has 2 aromatic carbocycles. The van der Waals surface area contributed by atoms with Gasteiger partial charge in [0, 0.05) is 18.8 Å². The second kappa shape index (κ2) is 9.40. The quantitative estimate of drug-likeness (QED) is 0.840. The molecule has 0 unspecified atom stereocenters. The minimum absolute atomic E-state index is 0.0218. The topological polar surface area (TPSA) is 58.6 Å². The van der Waals surface area contributed by atoms with E-state index in [9.17, 15) is 9.59 Å². The summed E-state index contributed by atoms with van der Waals surface area (Å²) in [5.74, 6) is 0.154. The third kappa shape index (κ3) is 5.35. The Morgan fingerprint density at radius 1 is 0.964 bits per heavy atom. The van der Waals surface area contributed by atoms with Crippen LogP contribution in [-0.4, -0.2) is 36.4 Å². The zero-order valence-electron chi connectivity index (χ0n) is 16.7. The highest BCUT2D eigenvalue weighted by molar-refractivity contribution is 6.06. The molecule has 0 radical (unpaired) electrons. The molecule has 1 aliphatic rings. The fourth-order valence-corrected chi connectivity index (χ4v) is 3.58. The smallest absolute Gasteiger partial charge is 0.260 e. The number of amides is 2. The van der Waals surface area contributed by atoms with Crippen LogP contribution in [0.2, 0.25) is 0 Å². The third-order valence-electron chi connectivity index (χ3n) is 4.92. The van der Waals surface area contributed by atoms with Crippen molar-refractivity contribution in [3.63, 3.8) is 0 Å². The van der Waals surface area contributed by atoms with Crippen LogP contribution in [0.25, 0.3) is 0 Å². The highest BCUT2D eigenvalue weighted by Crippen LogP contribution is 2.21. The fourth-order valence-electron chi connectivity index (χ4n) is 3.58. The van der Waals surface area contributed by atoms with Gasteiger partial charge in [-0.15, -0.1) is 0 Å². The number of benzene rings is 2. The molecule has 0 spiro atoms. The SMILES string of the molecule is Cc1cc(C)cc(NC(=O)c2ccccc2OCC(=O)N2CCCCCC2)c1. The van der Waals surface area contributed by atoms with Gasteiger partial charge in [0.1, 0.15) is 5.75 Å². The summed E-state index contributed by atoms with van der Waals surface area (Å²) < 4.78 is 5.75. The highest BCUT2D eigenvalue weighted by atomic mass is 16.5. The number of ether oxygens (including phenoxy) is 1. The van der Waals surface area contributed by atoms with Gasteiger partial charge < -0.3 is 15.0 Å². The van der Waals surface area contributed by atoms with Crippen molar-refractivity contribution in [2.75, 3.05) is 25.0 Å². The average Bonchev–Trinajstić information content (AvgIpc) is 2.95. The Hall–Kier alpha value is -2.82. The number of carbonyl (C=O) groups excluding carboxylic acids is 2. The normalized spacial score (nSPS) is 14.3. The molecule has 2 amide bonds. The first-order chi connectivity index (χ1) is 13.5. The Kier molecular flexibility index (Phi) is 6.69. The van der Waals surface area contributed by atoms with Gasteiger partial charge in [0.15, 0.2) is 6.61 Å². The van der Waals surface area contributed by atoms with Crippen molar-refractivity contribution < 1.29 is 14.3 Å². The predicted molar refractivity (Wildman–Crippen MR) is 111 cm³/mol. The number of carbonyl (C=O) groups is 2. The lowest BCUT2D eigenvalue weighted by Crippen LogP contribution is -2.35. The molecular formula is C23H28N2O3. The maximum absolute atomic E-state index is 12.8. The van der Waals surface area contributed by atoms with Crippen molar-refractivity contribution in [3.8, 4) is 5.75 Å². The van der Waals surface area contributed by atoms with E-state index in [1.807, 2.05) is 30.9 Å². The molecule has 0 bridgehead atoms. The van der Waals surface area contributed by atoms with E-state index in [0.717, 1.165) is 42.7 Å². The molecule has 1 heterocycles. The van der Waals surface area contributed by atoms with Gasteiger partial charge in [0.25, 0.3) is 11.8 Å². The highest BCUT2D eigenvalue weighted by Gasteiger charge is 2.18. The molecule has 1 fully saturated rings. The van der Waals surface area contributed by atoms with Gasteiger partial charge in [-0.2, -0.15) is 0 Å². The number of likely N-dealkylation sites (tertiary alicyclic amines) is 1. The lowest BCUT2D eigenvalue weighted by molar-refractivity contribution is -0.133. The first-order valence-electron chi connectivity index (χ1n) is 9.92. The Morgan fingerprint density at radius 3 is 2.29 bits per heavy atom. The second-order valence-corrected chi connectivity index (χ2v) is 7.41. The van der Waals surface area contributed by atoms with Crippen molar-refractivity contribution in [3.05, 3.63) is 59.2 Å². The lowest BCUT2D eigenvalue weighted by Gasteiger charge is -2.20. The Labute approximate surface area is 166 Å². The van der Waals surface area contributed by atoms with Gasteiger partial charge in [-0.25, -0.2) is 0 Å². The molecule has 5 nitrogen and oxygen atoms in total. The Bertz CT molecular complexity index is 819. The van der Waals surface area contributed by atoms with Crippen LogP contribution in [0.1, 0.15) is 47.2 Å². The number of nitrogens with one attached hydrogen (secondary N) is 1. The minimum atomic E-state index is -0.247. The zero-order chi connectivity index (χ0) is 19.9. The summed E-state index contributed by atoms with van der Waals surface area (Å²) in [7, 11) is 0. The van der Waals surface area contributed by atoms with Crippen LogP contribution in [0.5, 0.6) is 5.75 Å². The maximum Gasteiger partial charge on any atom is 0.260 e. The van der Waals surface area contributed by atoms with Crippen LogP contribution < -0.4 is 10.1 Å². The van der Waals surface area contributed by atoms with Gasteiger partial charge in [-0.3, -0.25) is 9.59 Å². The van der Waals surface area contributed by atoms with E-state index in [1.54, 1.807) is 24.3 Å². The van der Waals surface area contributed by atoms with Crippen molar-refractivity contribution >= 4 is 17.5 Å². The molecule has 0 aromatic heterocycles. The van der Waals surface area contributed by atoms with E-state index in [2.05, 4.69) is 11.4 Å². The molecule has 1 aliphatic heterocycles. The maximum atomic E-state index is 12.8. The van der Waals surface area contributed by atoms with Crippen LogP contribution in [0.15, 0.2) is 42.5 Å². The summed E-state index contributed by atoms with van der Waals surface area (Å²) >= 11 is 0. The van der Waals surface area contributed by atoms with Gasteiger partial charge in [-0.05, 0) is 62.1 Å². The van der Waals surface area contributed by atoms with E-state index in [-0.39, 0.29) is 18.4 Å². The van der Waals surface area contributed by atoms with E-state index >= 15 is 0 Å². The summed E-state index contributed by atoms with van der Waals surface area (Å²) in [5, 5.41) is 2.93. The Balaban J connectivity index is 1.66. The summed E-state index contributed by atoms with van der Waals surface area (Å²) in [5.41, 5.74) is 3.34. The molecular weight excluding hydrogens is 352 g/mol. The van der Waals surface area contributed by atoms with Crippen LogP contribution in [0.3, 0.4) is 0 Å². The number of anilines is 1. The largest absolute Gasteiger partial charge is 0.483 e. The molecule has 0 saturated carbocycles. The molecule has 1 N–H and O–H groups in total. The zero-order valence-corrected chi connectivity index (χ0v) is 16.7. The monoisotopic (exact) mass is 380 g/mol. The van der Waals surface area contributed by atoms with Gasteiger partial charge in [0.2, 0.25) is 0 Å². The first-order valence-corrected chi connectivity index (χ1v) is 9.92. The average molecular weight is 380 g/mol. The van der Waals surface area contributed by atoms with Crippen LogP contribution in [-0.2, 0) is 4.79 Å². The van der Waals surface area contributed by atoms with Crippen LogP contribution >= 0.6 is 0 Å². The number of aryl methyl sites for hydroxylation is 2. The number of hydrogen-bond acceptors (Lipinski definition) is 3. The van der Waals surface area contributed by atoms with Gasteiger partial charge in [0.05, 0.1) is 5.56 Å². The Morgan fingerprint density at radius 2 is 1.61 bits per heavy atom. The molecule has 28 heavy (non-hydrogen) atoms. The molecule has 5 heteroatoms. The van der Waals surface area contributed by atoms with Crippen molar-refractivity contribution in [2.24, 2.45) is 0 Å². The van der Waals surface area contributed by atoms with Crippen LogP contribution in [0.4, 0.5) is 5.69 Å². The second-order valence-electron chi connectivity index (χ2n) is 7.41. The van der Waals surface area contributed by atoms with Crippen molar-refractivity contribution in [1.29, 1.82) is 0 Å². The predicted octanol–water partition coefficient (Wildman–Crippen LogP) is 4.34. The molecule has 2 aromatic rings. The lowest BCUT2D eigenvalue weighted by atomic mass is 10.1. The number of hydrogen-bond donors (Lipinski definition) is 1. The van der Waals surface area contributed by atoms with E-state index in [1.165, 1.54) is 12.8 Å². The third-order valence-corrected chi connectivity index (χ3v) is 4.92. The number of nitrogens with zero attached hydrogens (tertiary/aromatic N) is 1. The molecule has 0 atom stereocenters. The van der Waals surface area contributed by atoms with Gasteiger partial charge in [-0.1, -0.05) is 31.0 Å². The molecule has 3 rings (SSSR count). The van der Waals surface area contributed by atoms with E-state index in [4.69, 9.17) is 4.74 Å². The summed E-state index contributed by atoms with van der Waals surface area (Å²) in [4.78, 5) is 27.1.